The van der Waals surface area contributed by atoms with Crippen LogP contribution in [-0.4, -0.2) is 43.1 Å². The smallest absolute Gasteiger partial charge is 0.468 e. The molecular weight excluding hydrogens is 282 g/mol. The van der Waals surface area contributed by atoms with Crippen LogP contribution in [0.4, 0.5) is 9.59 Å². The Labute approximate surface area is 124 Å². The van der Waals surface area contributed by atoms with Crippen LogP contribution in [0.15, 0.2) is 0 Å². The highest BCUT2D eigenvalue weighted by Crippen LogP contribution is 2.11. The number of carbonyl (C=O) groups is 3. The molecule has 0 aliphatic rings. The Hall–Kier alpha value is -1.83. The van der Waals surface area contributed by atoms with Crippen molar-refractivity contribution in [3.8, 4) is 0 Å². The number of carbonyl (C=O) groups excluding carboxylic acids is 3. The molecule has 0 aromatic rings. The second-order valence-electron chi connectivity index (χ2n) is 5.81. The fraction of sp³-hybridized carbons (Fsp3) is 0.769. The standard InChI is InChI=1S/C10H18O5.C3H7NO2/c1-9(2,3)14-7(11)13-8(12)15-10(4,5)6;1-6-3(5)2-4/h1-6H3;2,4H2,1H3. The van der Waals surface area contributed by atoms with Gasteiger partial charge in [0.05, 0.1) is 13.7 Å². The van der Waals surface area contributed by atoms with Crippen molar-refractivity contribution in [2.45, 2.75) is 52.7 Å². The van der Waals surface area contributed by atoms with Crippen molar-refractivity contribution in [2.24, 2.45) is 5.73 Å². The van der Waals surface area contributed by atoms with E-state index >= 15 is 0 Å². The van der Waals surface area contributed by atoms with Gasteiger partial charge in [0.2, 0.25) is 0 Å². The predicted octanol–water partition coefficient (Wildman–Crippen LogP) is 1.99. The lowest BCUT2D eigenvalue weighted by atomic mass is 10.2. The van der Waals surface area contributed by atoms with Crippen molar-refractivity contribution < 1.29 is 33.3 Å². The lowest BCUT2D eigenvalue weighted by Crippen LogP contribution is -2.29. The van der Waals surface area contributed by atoms with E-state index in [2.05, 4.69) is 9.47 Å². The predicted molar refractivity (Wildman–Crippen MR) is 74.6 cm³/mol. The molecule has 0 rings (SSSR count). The minimum absolute atomic E-state index is 0.0312. The molecule has 0 aromatic heterocycles. The maximum absolute atomic E-state index is 11.0. The van der Waals surface area contributed by atoms with Gasteiger partial charge in [0.25, 0.3) is 0 Å². The zero-order chi connectivity index (χ0) is 17.3. The van der Waals surface area contributed by atoms with Gasteiger partial charge in [-0.25, -0.2) is 9.59 Å². The summed E-state index contributed by atoms with van der Waals surface area (Å²) in [5.41, 5.74) is 3.42. The summed E-state index contributed by atoms with van der Waals surface area (Å²) in [4.78, 5) is 31.9. The Balaban J connectivity index is 0. The van der Waals surface area contributed by atoms with Crippen LogP contribution in [0.1, 0.15) is 41.5 Å². The minimum Gasteiger partial charge on any atom is -0.468 e. The van der Waals surface area contributed by atoms with E-state index in [9.17, 15) is 14.4 Å². The van der Waals surface area contributed by atoms with Crippen molar-refractivity contribution in [2.75, 3.05) is 13.7 Å². The fourth-order valence-electron chi connectivity index (χ4n) is 0.693. The van der Waals surface area contributed by atoms with Gasteiger partial charge in [-0.15, -0.1) is 0 Å². The van der Waals surface area contributed by atoms with Gasteiger partial charge in [-0.1, -0.05) is 0 Å². The van der Waals surface area contributed by atoms with Crippen molar-refractivity contribution >= 4 is 18.3 Å². The van der Waals surface area contributed by atoms with Crippen LogP contribution in [0, 0.1) is 0 Å². The van der Waals surface area contributed by atoms with Crippen molar-refractivity contribution in [1.29, 1.82) is 0 Å². The maximum Gasteiger partial charge on any atom is 0.519 e. The number of ether oxygens (including phenoxy) is 4. The summed E-state index contributed by atoms with van der Waals surface area (Å²) in [6.45, 7) is 9.99. The van der Waals surface area contributed by atoms with Crippen molar-refractivity contribution in [1.82, 2.24) is 0 Å². The SMILES string of the molecule is CC(C)(C)OC(=O)OC(=O)OC(C)(C)C.COC(=O)CN. The number of esters is 1. The molecule has 0 aromatic carbocycles. The molecule has 0 aliphatic heterocycles. The third-order valence-electron chi connectivity index (χ3n) is 1.34. The quantitative estimate of drug-likeness (QED) is 0.444. The maximum atomic E-state index is 11.0. The molecule has 21 heavy (non-hydrogen) atoms. The highest BCUT2D eigenvalue weighted by atomic mass is 16.8. The second kappa shape index (κ2) is 9.17. The molecule has 0 radical (unpaired) electrons. The average molecular weight is 307 g/mol. The minimum atomic E-state index is -1.06. The number of methoxy groups -OCH3 is 1. The number of hydrogen-bond acceptors (Lipinski definition) is 8. The summed E-state index contributed by atoms with van der Waals surface area (Å²) in [5.74, 6) is -0.380. The Morgan fingerprint density at radius 2 is 1.19 bits per heavy atom. The molecule has 0 bridgehead atoms. The molecule has 0 heterocycles. The molecule has 0 saturated heterocycles. The first-order valence-corrected chi connectivity index (χ1v) is 6.21. The first-order valence-electron chi connectivity index (χ1n) is 6.21. The van der Waals surface area contributed by atoms with Crippen LogP contribution >= 0.6 is 0 Å². The van der Waals surface area contributed by atoms with Crippen LogP contribution in [0.5, 0.6) is 0 Å². The Morgan fingerprint density at radius 3 is 1.33 bits per heavy atom. The van der Waals surface area contributed by atoms with Crippen molar-refractivity contribution in [3.05, 3.63) is 0 Å². The van der Waals surface area contributed by atoms with E-state index in [1.54, 1.807) is 41.5 Å². The summed E-state index contributed by atoms with van der Waals surface area (Å²) in [6, 6.07) is 0. The fourth-order valence-corrected chi connectivity index (χ4v) is 0.693. The summed E-state index contributed by atoms with van der Waals surface area (Å²) in [7, 11) is 1.30. The lowest BCUT2D eigenvalue weighted by Gasteiger charge is -2.20. The monoisotopic (exact) mass is 307 g/mol. The van der Waals surface area contributed by atoms with E-state index in [1.165, 1.54) is 7.11 Å². The van der Waals surface area contributed by atoms with Gasteiger partial charge in [0, 0.05) is 0 Å². The van der Waals surface area contributed by atoms with Crippen LogP contribution in [0.3, 0.4) is 0 Å². The van der Waals surface area contributed by atoms with Gasteiger partial charge in [0.15, 0.2) is 0 Å². The lowest BCUT2D eigenvalue weighted by molar-refractivity contribution is -0.138. The van der Waals surface area contributed by atoms with E-state index in [4.69, 9.17) is 15.2 Å². The van der Waals surface area contributed by atoms with E-state index in [-0.39, 0.29) is 12.5 Å². The third kappa shape index (κ3) is 18.2. The molecular formula is C13H25NO7. The molecule has 0 fully saturated rings. The van der Waals surface area contributed by atoms with Gasteiger partial charge in [0.1, 0.15) is 11.2 Å². The second-order valence-corrected chi connectivity index (χ2v) is 5.81. The van der Waals surface area contributed by atoms with Crippen LogP contribution < -0.4 is 5.73 Å². The average Bonchev–Trinajstić information content (AvgIpc) is 2.23. The molecule has 124 valence electrons. The summed E-state index contributed by atoms with van der Waals surface area (Å²) >= 11 is 0. The summed E-state index contributed by atoms with van der Waals surface area (Å²) in [5, 5.41) is 0. The van der Waals surface area contributed by atoms with E-state index in [0.29, 0.717) is 0 Å². The van der Waals surface area contributed by atoms with Crippen LogP contribution in [0.25, 0.3) is 0 Å². The molecule has 0 unspecified atom stereocenters. The number of rotatable bonds is 1. The molecule has 0 spiro atoms. The summed E-state index contributed by atoms with van der Waals surface area (Å²) < 4.78 is 17.9. The Morgan fingerprint density at radius 1 is 0.857 bits per heavy atom. The van der Waals surface area contributed by atoms with Gasteiger partial charge in [-0.3, -0.25) is 4.79 Å². The van der Waals surface area contributed by atoms with Gasteiger partial charge in [-0.2, -0.15) is 0 Å². The normalized spacial score (nSPS) is 10.7. The topological polar surface area (TPSA) is 114 Å². The summed E-state index contributed by atoms with van der Waals surface area (Å²) in [6.07, 6.45) is -2.12. The van der Waals surface area contributed by atoms with Crippen molar-refractivity contribution in [3.63, 3.8) is 0 Å². The van der Waals surface area contributed by atoms with Crippen LogP contribution in [0.2, 0.25) is 0 Å². The van der Waals surface area contributed by atoms with E-state index in [0.717, 1.165) is 0 Å². The molecule has 0 aliphatic carbocycles. The van der Waals surface area contributed by atoms with Gasteiger partial charge in [-0.05, 0) is 41.5 Å². The van der Waals surface area contributed by atoms with Gasteiger partial charge < -0.3 is 24.7 Å². The highest BCUT2D eigenvalue weighted by Gasteiger charge is 2.24. The molecule has 2 N–H and O–H groups in total. The first-order chi connectivity index (χ1) is 9.30. The third-order valence-corrected chi connectivity index (χ3v) is 1.34. The largest absolute Gasteiger partial charge is 0.519 e. The first kappa shape index (κ1) is 21.5. The highest BCUT2D eigenvalue weighted by molar-refractivity contribution is 5.77. The number of hydrogen-bond donors (Lipinski definition) is 1. The molecule has 0 saturated carbocycles. The van der Waals surface area contributed by atoms with Crippen LogP contribution in [-0.2, 0) is 23.7 Å². The molecule has 0 atom stereocenters. The molecule has 0 amide bonds. The zero-order valence-electron chi connectivity index (χ0n) is 13.6. The Bertz CT molecular complexity index is 321. The number of nitrogens with two attached hydrogens (primary N) is 1. The molecule has 8 heteroatoms. The zero-order valence-corrected chi connectivity index (χ0v) is 13.6. The van der Waals surface area contributed by atoms with E-state index < -0.39 is 23.5 Å². The Kier molecular flexibility index (Phi) is 9.37. The van der Waals surface area contributed by atoms with Gasteiger partial charge >= 0.3 is 18.3 Å². The molecule has 8 nitrogen and oxygen atoms in total. The van der Waals surface area contributed by atoms with E-state index in [1.807, 2.05) is 0 Å².